The second-order valence-electron chi connectivity index (χ2n) is 3.76. The summed E-state index contributed by atoms with van der Waals surface area (Å²) < 4.78 is 24.2. The Bertz CT molecular complexity index is 390. The number of hydrogen-bond acceptors (Lipinski definition) is 3. The lowest BCUT2D eigenvalue weighted by molar-refractivity contribution is 0.0627. The highest BCUT2D eigenvalue weighted by molar-refractivity contribution is 5.96. The molecule has 0 fully saturated rings. The summed E-state index contributed by atoms with van der Waals surface area (Å²) in [5.41, 5.74) is 0.258. The number of ether oxygens (including phenoxy) is 2. The minimum absolute atomic E-state index is 0.00667. The van der Waals surface area contributed by atoms with Crippen molar-refractivity contribution < 1.29 is 18.7 Å². The van der Waals surface area contributed by atoms with Crippen LogP contribution in [0.1, 0.15) is 31.1 Å². The van der Waals surface area contributed by atoms with Crippen molar-refractivity contribution in [3.8, 4) is 5.75 Å². The molecule has 0 aromatic heterocycles. The molecule has 0 spiro atoms. The number of Topliss-reactive ketones (excluding diaryl/α,β-unsaturated/α-hetero) is 1. The van der Waals surface area contributed by atoms with Crippen molar-refractivity contribution in [1.82, 2.24) is 0 Å². The van der Waals surface area contributed by atoms with E-state index in [2.05, 4.69) is 0 Å². The molecule has 0 aliphatic rings. The van der Waals surface area contributed by atoms with Crippen LogP contribution >= 0.6 is 0 Å². The zero-order valence-electron chi connectivity index (χ0n) is 10.3. The first kappa shape index (κ1) is 13.6. The van der Waals surface area contributed by atoms with Crippen LogP contribution in [-0.2, 0) is 4.74 Å². The van der Waals surface area contributed by atoms with Gasteiger partial charge in [-0.25, -0.2) is 4.39 Å². The molecule has 0 heterocycles. The molecule has 0 bridgehead atoms. The Morgan fingerprint density at radius 1 is 1.47 bits per heavy atom. The first-order chi connectivity index (χ1) is 8.06. The number of benzene rings is 1. The maximum atomic E-state index is 13.6. The summed E-state index contributed by atoms with van der Waals surface area (Å²) >= 11 is 0. The van der Waals surface area contributed by atoms with Gasteiger partial charge in [0.2, 0.25) is 0 Å². The van der Waals surface area contributed by atoms with Crippen LogP contribution in [-0.4, -0.2) is 25.1 Å². The zero-order valence-corrected chi connectivity index (χ0v) is 10.3. The summed E-state index contributed by atoms with van der Waals surface area (Å²) in [6.45, 7) is 5.96. The number of hydrogen-bond donors (Lipinski definition) is 0. The topological polar surface area (TPSA) is 35.5 Å². The Labute approximate surface area is 101 Å². The molecular weight excluding hydrogens is 223 g/mol. The van der Waals surface area contributed by atoms with E-state index in [-0.39, 0.29) is 23.2 Å². The van der Waals surface area contributed by atoms with Crippen molar-refractivity contribution in [2.24, 2.45) is 0 Å². The van der Waals surface area contributed by atoms with E-state index in [1.54, 1.807) is 13.0 Å². The molecule has 0 radical (unpaired) electrons. The molecule has 1 aromatic rings. The lowest BCUT2D eigenvalue weighted by Crippen LogP contribution is -2.20. The first-order valence-corrected chi connectivity index (χ1v) is 5.60. The van der Waals surface area contributed by atoms with Crippen LogP contribution in [0.3, 0.4) is 0 Å². The highest BCUT2D eigenvalue weighted by Gasteiger charge is 2.16. The molecule has 0 aliphatic carbocycles. The summed E-state index contributed by atoms with van der Waals surface area (Å²) in [4.78, 5) is 11.3. The van der Waals surface area contributed by atoms with Gasteiger partial charge in [0.05, 0.1) is 12.2 Å². The highest BCUT2D eigenvalue weighted by Crippen LogP contribution is 2.24. The molecule has 94 valence electrons. The van der Waals surface area contributed by atoms with Gasteiger partial charge < -0.3 is 9.47 Å². The third kappa shape index (κ3) is 3.82. The molecule has 1 atom stereocenters. The van der Waals surface area contributed by atoms with Crippen LogP contribution in [0, 0.1) is 5.82 Å². The van der Waals surface area contributed by atoms with Gasteiger partial charge in [0.1, 0.15) is 6.10 Å². The first-order valence-electron chi connectivity index (χ1n) is 5.60. The monoisotopic (exact) mass is 240 g/mol. The van der Waals surface area contributed by atoms with E-state index >= 15 is 0 Å². The van der Waals surface area contributed by atoms with Crippen LogP contribution in [0.25, 0.3) is 0 Å². The summed E-state index contributed by atoms with van der Waals surface area (Å²) in [5.74, 6) is -0.739. The standard InChI is InChI=1S/C13H17FO3/c1-4-16-8-9(2)17-13-11(10(3)15)6-5-7-12(13)14/h5-7,9H,4,8H2,1-3H3. The van der Waals surface area contributed by atoms with Crippen LogP contribution in [0.5, 0.6) is 5.75 Å². The lowest BCUT2D eigenvalue weighted by Gasteiger charge is -2.16. The fraction of sp³-hybridized carbons (Fsp3) is 0.462. The van der Waals surface area contributed by atoms with Gasteiger partial charge in [0.25, 0.3) is 0 Å². The summed E-state index contributed by atoms with van der Waals surface area (Å²) in [6.07, 6.45) is -0.301. The third-order valence-electron chi connectivity index (χ3n) is 2.22. The summed E-state index contributed by atoms with van der Waals surface area (Å²) in [6, 6.07) is 4.31. The molecule has 0 aliphatic heterocycles. The molecule has 0 N–H and O–H groups in total. The summed E-state index contributed by atoms with van der Waals surface area (Å²) in [7, 11) is 0. The number of para-hydroxylation sites is 1. The Hall–Kier alpha value is -1.42. The molecule has 17 heavy (non-hydrogen) atoms. The highest BCUT2D eigenvalue weighted by atomic mass is 19.1. The van der Waals surface area contributed by atoms with Crippen LogP contribution < -0.4 is 4.74 Å². The minimum atomic E-state index is -0.527. The van der Waals surface area contributed by atoms with Crippen LogP contribution in [0.4, 0.5) is 4.39 Å². The SMILES string of the molecule is CCOCC(C)Oc1c(F)cccc1C(C)=O. The molecule has 1 aromatic carbocycles. The van der Waals surface area contributed by atoms with Gasteiger partial charge in [0.15, 0.2) is 17.3 Å². The van der Waals surface area contributed by atoms with Crippen molar-refractivity contribution in [2.75, 3.05) is 13.2 Å². The van der Waals surface area contributed by atoms with Crippen molar-refractivity contribution in [3.63, 3.8) is 0 Å². The van der Waals surface area contributed by atoms with E-state index in [0.29, 0.717) is 13.2 Å². The third-order valence-corrected chi connectivity index (χ3v) is 2.22. The van der Waals surface area contributed by atoms with Crippen LogP contribution in [0.2, 0.25) is 0 Å². The second kappa shape index (κ2) is 6.35. The molecule has 0 saturated heterocycles. The number of ketones is 1. The fourth-order valence-electron chi connectivity index (χ4n) is 1.42. The smallest absolute Gasteiger partial charge is 0.166 e. The van der Waals surface area contributed by atoms with E-state index in [1.807, 2.05) is 6.92 Å². The largest absolute Gasteiger partial charge is 0.484 e. The second-order valence-corrected chi connectivity index (χ2v) is 3.76. The van der Waals surface area contributed by atoms with Gasteiger partial charge in [-0.2, -0.15) is 0 Å². The molecule has 0 saturated carbocycles. The predicted molar refractivity (Wildman–Crippen MR) is 63.0 cm³/mol. The van der Waals surface area contributed by atoms with E-state index in [0.717, 1.165) is 0 Å². The van der Waals surface area contributed by atoms with Crippen LogP contribution in [0.15, 0.2) is 18.2 Å². The van der Waals surface area contributed by atoms with E-state index in [9.17, 15) is 9.18 Å². The number of halogens is 1. The molecule has 0 amide bonds. The molecule has 1 rings (SSSR count). The minimum Gasteiger partial charge on any atom is -0.484 e. The van der Waals surface area contributed by atoms with Crippen molar-refractivity contribution in [3.05, 3.63) is 29.6 Å². The van der Waals surface area contributed by atoms with E-state index in [4.69, 9.17) is 9.47 Å². The Morgan fingerprint density at radius 3 is 2.76 bits per heavy atom. The van der Waals surface area contributed by atoms with Gasteiger partial charge >= 0.3 is 0 Å². The Kier molecular flexibility index (Phi) is 5.10. The maximum Gasteiger partial charge on any atom is 0.166 e. The van der Waals surface area contributed by atoms with Gasteiger partial charge in [-0.1, -0.05) is 6.07 Å². The predicted octanol–water partition coefficient (Wildman–Crippen LogP) is 2.83. The Morgan fingerprint density at radius 2 is 2.18 bits per heavy atom. The zero-order chi connectivity index (χ0) is 12.8. The number of carbonyl (C=O) groups is 1. The quantitative estimate of drug-likeness (QED) is 0.717. The number of carbonyl (C=O) groups excluding carboxylic acids is 1. The average Bonchev–Trinajstić information content (AvgIpc) is 2.28. The summed E-state index contributed by atoms with van der Waals surface area (Å²) in [5, 5.41) is 0. The Balaban J connectivity index is 2.85. The number of rotatable bonds is 6. The molecular formula is C13H17FO3. The lowest BCUT2D eigenvalue weighted by atomic mass is 10.1. The average molecular weight is 240 g/mol. The maximum absolute atomic E-state index is 13.6. The van der Waals surface area contributed by atoms with E-state index in [1.165, 1.54) is 19.1 Å². The fourth-order valence-corrected chi connectivity index (χ4v) is 1.42. The van der Waals surface area contributed by atoms with Gasteiger partial charge in [-0.3, -0.25) is 4.79 Å². The van der Waals surface area contributed by atoms with Crippen molar-refractivity contribution >= 4 is 5.78 Å². The molecule has 1 unspecified atom stereocenters. The molecule has 3 nitrogen and oxygen atoms in total. The molecule has 4 heteroatoms. The van der Waals surface area contributed by atoms with Gasteiger partial charge in [-0.05, 0) is 32.9 Å². The van der Waals surface area contributed by atoms with E-state index < -0.39 is 5.82 Å². The normalized spacial score (nSPS) is 12.2. The van der Waals surface area contributed by atoms with Gasteiger partial charge in [0, 0.05) is 6.61 Å². The van der Waals surface area contributed by atoms with Crippen molar-refractivity contribution in [1.29, 1.82) is 0 Å². The van der Waals surface area contributed by atoms with Gasteiger partial charge in [-0.15, -0.1) is 0 Å². The van der Waals surface area contributed by atoms with Crippen molar-refractivity contribution in [2.45, 2.75) is 26.9 Å².